The number of rotatable bonds is 10. The van der Waals surface area contributed by atoms with E-state index in [1.54, 1.807) is 0 Å². The molecule has 9 nitrogen and oxygen atoms in total. The molecule has 4 aromatic rings. The van der Waals surface area contributed by atoms with E-state index < -0.39 is 36.0 Å². The summed E-state index contributed by atoms with van der Waals surface area (Å²) in [6, 6.07) is 29.5. The normalized spacial score (nSPS) is 20.8. The third kappa shape index (κ3) is 5.03. The number of hydrogen-bond acceptors (Lipinski definition) is 7. The first-order valence-corrected chi connectivity index (χ1v) is 13.0. The number of nitrogen functional groups attached to an aromatic ring is 1. The number of nitrogens with one attached hydrogen (secondary N) is 1. The number of aliphatic hydroxyl groups is 2. The second kappa shape index (κ2) is 11.8. The smallest absolute Gasteiger partial charge is 0.273 e. The van der Waals surface area contributed by atoms with Gasteiger partial charge in [0.1, 0.15) is 29.7 Å². The number of aliphatic hydroxyl groups excluding tert-OH is 2. The van der Waals surface area contributed by atoms with E-state index in [0.29, 0.717) is 0 Å². The van der Waals surface area contributed by atoms with Crippen LogP contribution >= 0.6 is 0 Å². The SMILES string of the molecule is C=CCNC(=O)c1ncn([C@@H]2O[C@H](COC(c3ccccc3)(c3ccccc3)c3ccccc3)[C@@H](O)[C@H]2O)c1N. The Morgan fingerprint density at radius 3 is 2.00 bits per heavy atom. The summed E-state index contributed by atoms with van der Waals surface area (Å²) in [7, 11) is 0. The van der Waals surface area contributed by atoms with Crippen LogP contribution in [-0.4, -0.2) is 57.1 Å². The molecule has 0 radical (unpaired) electrons. The summed E-state index contributed by atoms with van der Waals surface area (Å²) >= 11 is 0. The Bertz CT molecular complexity index is 1330. The number of nitrogens with two attached hydrogens (primary N) is 1. The Hall–Kier alpha value is -4.28. The number of anilines is 1. The maximum atomic E-state index is 12.4. The molecular weight excluding hydrogens is 508 g/mol. The van der Waals surface area contributed by atoms with Crippen molar-refractivity contribution in [3.63, 3.8) is 0 Å². The summed E-state index contributed by atoms with van der Waals surface area (Å²) < 4.78 is 14.2. The van der Waals surface area contributed by atoms with Gasteiger partial charge in [0, 0.05) is 6.54 Å². The molecule has 9 heteroatoms. The van der Waals surface area contributed by atoms with Gasteiger partial charge in [0.2, 0.25) is 0 Å². The highest BCUT2D eigenvalue weighted by atomic mass is 16.6. The fraction of sp³-hybridized carbons (Fsp3) is 0.226. The average Bonchev–Trinajstić information content (AvgIpc) is 3.52. The van der Waals surface area contributed by atoms with Crippen LogP contribution in [0.5, 0.6) is 0 Å². The third-order valence-corrected chi connectivity index (χ3v) is 7.07. The van der Waals surface area contributed by atoms with Gasteiger partial charge >= 0.3 is 0 Å². The standard InChI is InChI=1S/C31H32N4O5/c1-2-18-33-29(38)25-28(32)35(20-34-25)30-27(37)26(36)24(40-30)19-39-31(21-12-6-3-7-13-21,22-14-8-4-9-15-22)23-16-10-5-11-17-23/h2-17,20,24,26-27,30,36-37H,1,18-19,32H2,(H,33,38)/t24-,26-,27-,30-/m1/s1. The van der Waals surface area contributed by atoms with Crippen molar-refractivity contribution in [3.05, 3.63) is 132 Å². The molecule has 4 atom stereocenters. The van der Waals surface area contributed by atoms with E-state index in [-0.39, 0.29) is 24.7 Å². The number of nitrogens with zero attached hydrogens (tertiary/aromatic N) is 2. The van der Waals surface area contributed by atoms with Crippen LogP contribution in [0.2, 0.25) is 0 Å². The minimum Gasteiger partial charge on any atom is -0.387 e. The van der Waals surface area contributed by atoms with Crippen LogP contribution < -0.4 is 11.1 Å². The van der Waals surface area contributed by atoms with Gasteiger partial charge in [-0.15, -0.1) is 6.58 Å². The Balaban J connectivity index is 1.45. The first-order chi connectivity index (χ1) is 19.5. The Morgan fingerprint density at radius 2 is 1.50 bits per heavy atom. The molecule has 1 amide bonds. The first-order valence-electron chi connectivity index (χ1n) is 13.0. The largest absolute Gasteiger partial charge is 0.387 e. The second-order valence-electron chi connectivity index (χ2n) is 9.52. The van der Waals surface area contributed by atoms with Crippen LogP contribution in [0.1, 0.15) is 33.4 Å². The zero-order valence-electron chi connectivity index (χ0n) is 21.8. The molecule has 3 aromatic carbocycles. The van der Waals surface area contributed by atoms with E-state index in [4.69, 9.17) is 15.2 Å². The lowest BCUT2D eigenvalue weighted by molar-refractivity contribution is -0.0945. The summed E-state index contributed by atoms with van der Waals surface area (Å²) in [5.41, 5.74) is 7.83. The number of carbonyl (C=O) groups excluding carboxylic acids is 1. The molecule has 1 aliphatic heterocycles. The highest BCUT2D eigenvalue weighted by Gasteiger charge is 2.47. The van der Waals surface area contributed by atoms with Crippen LogP contribution in [0.15, 0.2) is 110 Å². The van der Waals surface area contributed by atoms with Crippen molar-refractivity contribution < 1.29 is 24.5 Å². The quantitative estimate of drug-likeness (QED) is 0.180. The van der Waals surface area contributed by atoms with E-state index in [1.807, 2.05) is 91.0 Å². The molecule has 0 bridgehead atoms. The summed E-state index contributed by atoms with van der Waals surface area (Å²) in [4.78, 5) is 16.5. The van der Waals surface area contributed by atoms with E-state index in [2.05, 4.69) is 16.9 Å². The Labute approximate surface area is 232 Å². The summed E-state index contributed by atoms with van der Waals surface area (Å²) in [5.74, 6) is -0.478. The van der Waals surface area contributed by atoms with Crippen LogP contribution in [0.25, 0.3) is 0 Å². The monoisotopic (exact) mass is 540 g/mol. The van der Waals surface area contributed by atoms with Crippen LogP contribution in [0.4, 0.5) is 5.82 Å². The van der Waals surface area contributed by atoms with Crippen molar-refractivity contribution in [1.82, 2.24) is 14.9 Å². The molecule has 0 unspecified atom stereocenters. The van der Waals surface area contributed by atoms with Gasteiger partial charge in [-0.3, -0.25) is 9.36 Å². The zero-order valence-corrected chi connectivity index (χ0v) is 21.8. The maximum Gasteiger partial charge on any atom is 0.273 e. The molecule has 1 aliphatic rings. The highest BCUT2D eigenvalue weighted by Crippen LogP contribution is 2.42. The third-order valence-electron chi connectivity index (χ3n) is 7.07. The molecule has 40 heavy (non-hydrogen) atoms. The summed E-state index contributed by atoms with van der Waals surface area (Å²) in [6.07, 6.45) is -1.76. The minimum absolute atomic E-state index is 0.00610. The fourth-order valence-electron chi connectivity index (χ4n) is 5.07. The van der Waals surface area contributed by atoms with Crippen LogP contribution in [-0.2, 0) is 15.1 Å². The lowest BCUT2D eigenvalue weighted by Gasteiger charge is -2.37. The Morgan fingerprint density at radius 1 is 0.975 bits per heavy atom. The molecule has 206 valence electrons. The molecule has 1 fully saturated rings. The molecule has 1 saturated heterocycles. The van der Waals surface area contributed by atoms with Crippen molar-refractivity contribution in [2.45, 2.75) is 30.1 Å². The molecule has 5 N–H and O–H groups in total. The number of ether oxygens (including phenoxy) is 2. The number of imidazole rings is 1. The number of aromatic nitrogens is 2. The zero-order chi connectivity index (χ0) is 28.1. The van der Waals surface area contributed by atoms with Crippen molar-refractivity contribution in [2.75, 3.05) is 18.9 Å². The second-order valence-corrected chi connectivity index (χ2v) is 9.52. The highest BCUT2D eigenvalue weighted by molar-refractivity contribution is 5.96. The molecule has 1 aromatic heterocycles. The van der Waals surface area contributed by atoms with Crippen molar-refractivity contribution in [1.29, 1.82) is 0 Å². The average molecular weight is 541 g/mol. The summed E-state index contributed by atoms with van der Waals surface area (Å²) in [5, 5.41) is 24.5. The van der Waals surface area contributed by atoms with Crippen molar-refractivity contribution in [2.24, 2.45) is 0 Å². The van der Waals surface area contributed by atoms with Crippen molar-refractivity contribution in [3.8, 4) is 0 Å². The molecular formula is C31H32N4O5. The minimum atomic E-state index is -1.34. The van der Waals surface area contributed by atoms with Gasteiger partial charge in [0.15, 0.2) is 11.9 Å². The first kappa shape index (κ1) is 27.3. The van der Waals surface area contributed by atoms with Gasteiger partial charge in [0.05, 0.1) is 12.9 Å². The van der Waals surface area contributed by atoms with Gasteiger partial charge in [0.25, 0.3) is 5.91 Å². The molecule has 0 aliphatic carbocycles. The summed E-state index contributed by atoms with van der Waals surface area (Å²) in [6.45, 7) is 3.76. The van der Waals surface area contributed by atoms with Crippen molar-refractivity contribution >= 4 is 11.7 Å². The molecule has 5 rings (SSSR count). The van der Waals surface area contributed by atoms with Gasteiger partial charge < -0.3 is 30.7 Å². The van der Waals surface area contributed by atoms with E-state index in [0.717, 1.165) is 16.7 Å². The fourth-order valence-corrected chi connectivity index (χ4v) is 5.07. The van der Waals surface area contributed by atoms with E-state index in [9.17, 15) is 15.0 Å². The number of amides is 1. The number of benzene rings is 3. The van der Waals surface area contributed by atoms with Gasteiger partial charge in [-0.2, -0.15) is 0 Å². The lowest BCUT2D eigenvalue weighted by atomic mass is 9.80. The van der Waals surface area contributed by atoms with Crippen LogP contribution in [0, 0.1) is 0 Å². The van der Waals surface area contributed by atoms with Crippen LogP contribution in [0.3, 0.4) is 0 Å². The van der Waals surface area contributed by atoms with E-state index >= 15 is 0 Å². The van der Waals surface area contributed by atoms with E-state index in [1.165, 1.54) is 17.0 Å². The predicted octanol–water partition coefficient (Wildman–Crippen LogP) is 3.01. The molecule has 2 heterocycles. The van der Waals surface area contributed by atoms with Gasteiger partial charge in [-0.25, -0.2) is 4.98 Å². The number of carbonyl (C=O) groups is 1. The lowest BCUT2D eigenvalue weighted by Crippen LogP contribution is -2.39. The topological polar surface area (TPSA) is 132 Å². The number of hydrogen-bond donors (Lipinski definition) is 4. The Kier molecular flexibility index (Phi) is 8.09. The maximum absolute atomic E-state index is 12.4. The van der Waals surface area contributed by atoms with Gasteiger partial charge in [-0.1, -0.05) is 97.1 Å². The van der Waals surface area contributed by atoms with Gasteiger partial charge in [-0.05, 0) is 16.7 Å². The molecule has 0 saturated carbocycles. The predicted molar refractivity (Wildman–Crippen MR) is 150 cm³/mol. The molecule has 0 spiro atoms.